The van der Waals surface area contributed by atoms with Crippen molar-refractivity contribution < 1.29 is 14.3 Å². The number of aromatic nitrogens is 2. The van der Waals surface area contributed by atoms with Gasteiger partial charge >= 0.3 is 6.09 Å². The Kier molecular flexibility index (Phi) is 6.54. The Hall–Kier alpha value is -3.32. The molecule has 1 amide bonds. The van der Waals surface area contributed by atoms with Crippen molar-refractivity contribution >= 4 is 6.09 Å². The molecule has 34 heavy (non-hydrogen) atoms. The van der Waals surface area contributed by atoms with Crippen LogP contribution in [-0.2, 0) is 17.8 Å². The molecule has 1 fully saturated rings. The number of fused-ring (bicyclic) bond motifs is 1. The molecule has 0 aliphatic carbocycles. The Bertz CT molecular complexity index is 1140. The summed E-state index contributed by atoms with van der Waals surface area (Å²) in [6.45, 7) is 6.49. The Morgan fingerprint density at radius 1 is 1.00 bits per heavy atom. The van der Waals surface area contributed by atoms with E-state index in [0.717, 1.165) is 74.0 Å². The molecule has 3 heterocycles. The van der Waals surface area contributed by atoms with Gasteiger partial charge in [-0.25, -0.2) is 9.78 Å². The predicted octanol–water partition coefficient (Wildman–Crippen LogP) is 4.66. The van der Waals surface area contributed by atoms with E-state index in [9.17, 15) is 4.79 Å². The third-order valence-corrected chi connectivity index (χ3v) is 6.92. The highest BCUT2D eigenvalue weighted by Gasteiger charge is 2.32. The molecular weight excluding hydrogens is 428 g/mol. The summed E-state index contributed by atoms with van der Waals surface area (Å²) in [5, 5.41) is 0. The van der Waals surface area contributed by atoms with Gasteiger partial charge in [0.2, 0.25) is 0 Å². The molecule has 1 saturated heterocycles. The van der Waals surface area contributed by atoms with Crippen LogP contribution in [-0.4, -0.2) is 64.8 Å². The first-order valence-electron chi connectivity index (χ1n) is 12.1. The molecule has 2 aliphatic heterocycles. The third kappa shape index (κ3) is 4.40. The van der Waals surface area contributed by atoms with Crippen LogP contribution in [0.15, 0.2) is 54.6 Å². The minimum absolute atomic E-state index is 0.189. The van der Waals surface area contributed by atoms with Crippen molar-refractivity contribution in [1.82, 2.24) is 19.4 Å². The standard InChI is InChI=1S/C27H32N4O3/c1-3-34-27(32)29-14-12-22(13-15-29)30-16-17-31-24(19-30)25(21-10-7-11-23(18-21)33-2)28-26(31)20-8-5-4-6-9-20/h4-11,18,22H,3,12-17,19H2,1-2H3. The average molecular weight is 461 g/mol. The maximum Gasteiger partial charge on any atom is 0.409 e. The lowest BCUT2D eigenvalue weighted by Gasteiger charge is -2.40. The number of nitrogens with zero attached hydrogens (tertiary/aromatic N) is 4. The SMILES string of the molecule is CCOC(=O)N1CCC(N2CCn3c(-c4ccccc4)nc(-c4cccc(OC)c4)c3C2)CC1. The van der Waals surface area contributed by atoms with E-state index in [1.54, 1.807) is 7.11 Å². The van der Waals surface area contributed by atoms with Crippen molar-refractivity contribution in [3.8, 4) is 28.4 Å². The van der Waals surface area contributed by atoms with Crippen molar-refractivity contribution in [2.24, 2.45) is 0 Å². The zero-order valence-electron chi connectivity index (χ0n) is 19.9. The molecule has 3 aromatic rings. The number of carbonyl (C=O) groups is 1. The van der Waals surface area contributed by atoms with Gasteiger partial charge in [-0.05, 0) is 31.9 Å². The number of carbonyl (C=O) groups excluding carboxylic acids is 1. The second-order valence-corrected chi connectivity index (χ2v) is 8.87. The number of imidazole rings is 1. The fourth-order valence-electron chi connectivity index (χ4n) is 5.14. The molecule has 1 aromatic heterocycles. The van der Waals surface area contributed by atoms with E-state index in [-0.39, 0.29) is 6.09 Å². The third-order valence-electron chi connectivity index (χ3n) is 6.92. The van der Waals surface area contributed by atoms with Crippen LogP contribution in [0.3, 0.4) is 0 Å². The summed E-state index contributed by atoms with van der Waals surface area (Å²) in [5.74, 6) is 1.85. The summed E-state index contributed by atoms with van der Waals surface area (Å²) < 4.78 is 13.1. The van der Waals surface area contributed by atoms with Crippen molar-refractivity contribution in [2.45, 2.75) is 38.9 Å². The lowest BCUT2D eigenvalue weighted by Crippen LogP contribution is -2.48. The van der Waals surface area contributed by atoms with Crippen LogP contribution in [0.2, 0.25) is 0 Å². The minimum atomic E-state index is -0.189. The quantitative estimate of drug-likeness (QED) is 0.554. The zero-order chi connectivity index (χ0) is 23.5. The number of methoxy groups -OCH3 is 1. The maximum atomic E-state index is 12.1. The second kappa shape index (κ2) is 9.89. The molecule has 0 unspecified atom stereocenters. The molecular formula is C27H32N4O3. The van der Waals surface area contributed by atoms with Crippen molar-refractivity contribution in [3.05, 3.63) is 60.3 Å². The van der Waals surface area contributed by atoms with E-state index >= 15 is 0 Å². The molecule has 2 aromatic carbocycles. The second-order valence-electron chi connectivity index (χ2n) is 8.87. The lowest BCUT2D eigenvalue weighted by atomic mass is 10.0. The summed E-state index contributed by atoms with van der Waals surface area (Å²) in [4.78, 5) is 21.7. The highest BCUT2D eigenvalue weighted by Crippen LogP contribution is 2.35. The summed E-state index contributed by atoms with van der Waals surface area (Å²) in [7, 11) is 1.70. The van der Waals surface area contributed by atoms with Crippen LogP contribution < -0.4 is 4.74 Å². The van der Waals surface area contributed by atoms with E-state index in [1.165, 1.54) is 5.69 Å². The molecule has 178 valence electrons. The number of likely N-dealkylation sites (tertiary alicyclic amines) is 1. The van der Waals surface area contributed by atoms with Crippen molar-refractivity contribution in [1.29, 1.82) is 0 Å². The fourth-order valence-corrected chi connectivity index (χ4v) is 5.14. The average Bonchev–Trinajstić information content (AvgIpc) is 3.28. The van der Waals surface area contributed by atoms with Gasteiger partial charge in [0.15, 0.2) is 0 Å². The Morgan fingerprint density at radius 3 is 2.50 bits per heavy atom. The van der Waals surface area contributed by atoms with Gasteiger partial charge in [0.1, 0.15) is 11.6 Å². The molecule has 2 aliphatic rings. The van der Waals surface area contributed by atoms with E-state index < -0.39 is 0 Å². The largest absolute Gasteiger partial charge is 0.497 e. The van der Waals surface area contributed by atoms with Crippen LogP contribution in [0, 0.1) is 0 Å². The van der Waals surface area contributed by atoms with E-state index in [0.29, 0.717) is 12.6 Å². The van der Waals surface area contributed by atoms with Gasteiger partial charge in [-0.1, -0.05) is 42.5 Å². The molecule has 0 atom stereocenters. The number of amides is 1. The molecule has 0 N–H and O–H groups in total. The summed E-state index contributed by atoms with van der Waals surface area (Å²) in [6.07, 6.45) is 1.74. The van der Waals surface area contributed by atoms with Crippen LogP contribution in [0.25, 0.3) is 22.6 Å². The highest BCUT2D eigenvalue weighted by atomic mass is 16.6. The Labute approximate surface area is 200 Å². The minimum Gasteiger partial charge on any atom is -0.497 e. The van der Waals surface area contributed by atoms with Crippen LogP contribution in [0.5, 0.6) is 5.75 Å². The van der Waals surface area contributed by atoms with Gasteiger partial charge < -0.3 is 18.9 Å². The molecule has 7 nitrogen and oxygen atoms in total. The van der Waals surface area contributed by atoms with Gasteiger partial charge in [0.05, 0.1) is 25.1 Å². The fraction of sp³-hybridized carbons (Fsp3) is 0.407. The lowest BCUT2D eigenvalue weighted by molar-refractivity contribution is 0.0661. The first kappa shape index (κ1) is 22.5. The molecule has 0 radical (unpaired) electrons. The summed E-state index contributed by atoms with van der Waals surface area (Å²) in [5.41, 5.74) is 4.47. The number of hydrogen-bond acceptors (Lipinski definition) is 5. The number of piperidine rings is 1. The van der Waals surface area contributed by atoms with Crippen LogP contribution >= 0.6 is 0 Å². The zero-order valence-corrected chi connectivity index (χ0v) is 19.9. The van der Waals surface area contributed by atoms with E-state index in [2.05, 4.69) is 45.9 Å². The Balaban J connectivity index is 1.43. The van der Waals surface area contributed by atoms with Gasteiger partial charge in [0.25, 0.3) is 0 Å². The summed E-state index contributed by atoms with van der Waals surface area (Å²) >= 11 is 0. The van der Waals surface area contributed by atoms with Gasteiger partial charge in [-0.15, -0.1) is 0 Å². The molecule has 5 rings (SSSR count). The molecule has 0 saturated carbocycles. The summed E-state index contributed by atoms with van der Waals surface area (Å²) in [6, 6.07) is 19.0. The number of hydrogen-bond donors (Lipinski definition) is 0. The van der Waals surface area contributed by atoms with Crippen LogP contribution in [0.4, 0.5) is 4.79 Å². The first-order chi connectivity index (χ1) is 16.7. The normalized spacial score (nSPS) is 16.8. The molecule has 0 bridgehead atoms. The topological polar surface area (TPSA) is 59.8 Å². The monoisotopic (exact) mass is 460 g/mol. The van der Waals surface area contributed by atoms with Gasteiger partial charge in [0, 0.05) is 49.9 Å². The van der Waals surface area contributed by atoms with Crippen LogP contribution in [0.1, 0.15) is 25.5 Å². The predicted molar refractivity (Wildman–Crippen MR) is 132 cm³/mol. The van der Waals surface area contributed by atoms with Gasteiger partial charge in [-0.2, -0.15) is 0 Å². The van der Waals surface area contributed by atoms with E-state index in [4.69, 9.17) is 14.5 Å². The molecule has 0 spiro atoms. The van der Waals surface area contributed by atoms with Gasteiger partial charge in [-0.3, -0.25) is 4.90 Å². The first-order valence-corrected chi connectivity index (χ1v) is 12.1. The number of benzene rings is 2. The molecule has 7 heteroatoms. The smallest absolute Gasteiger partial charge is 0.409 e. The van der Waals surface area contributed by atoms with E-state index in [1.807, 2.05) is 30.0 Å². The van der Waals surface area contributed by atoms with Crippen molar-refractivity contribution in [3.63, 3.8) is 0 Å². The number of ether oxygens (including phenoxy) is 2. The Morgan fingerprint density at radius 2 is 1.76 bits per heavy atom. The highest BCUT2D eigenvalue weighted by molar-refractivity contribution is 5.70. The number of rotatable bonds is 5. The maximum absolute atomic E-state index is 12.1. The van der Waals surface area contributed by atoms with Crippen molar-refractivity contribution in [2.75, 3.05) is 33.4 Å².